The molecule has 3 nitrogen and oxygen atoms in total. The van der Waals surface area contributed by atoms with Crippen molar-refractivity contribution < 1.29 is 9.53 Å². The fourth-order valence-electron chi connectivity index (χ4n) is 3.99. The lowest BCUT2D eigenvalue weighted by Gasteiger charge is -2.38. The maximum atomic E-state index is 12.3. The van der Waals surface area contributed by atoms with Crippen LogP contribution in [0.5, 0.6) is 0 Å². The molecule has 2 aliphatic rings. The standard InChI is InChI=1S/C20H17BrClNO2/c1-25-20(24)15-8-9-16(22)19-17(15)13-6-3-7-14(13)18(23-19)11-4-2-5-12(21)10-11/h2-6,8-10,13-14,18,23H,7H2,1H3. The van der Waals surface area contributed by atoms with Crippen LogP contribution in [0, 0.1) is 5.92 Å². The molecule has 0 spiro atoms. The number of anilines is 1. The van der Waals surface area contributed by atoms with E-state index in [4.69, 9.17) is 16.3 Å². The summed E-state index contributed by atoms with van der Waals surface area (Å²) in [5.41, 5.74) is 3.58. The minimum Gasteiger partial charge on any atom is -0.465 e. The largest absolute Gasteiger partial charge is 0.465 e. The number of ether oxygens (including phenoxy) is 1. The predicted molar refractivity (Wildman–Crippen MR) is 103 cm³/mol. The summed E-state index contributed by atoms with van der Waals surface area (Å²) in [7, 11) is 1.41. The molecule has 0 fully saturated rings. The number of methoxy groups -OCH3 is 1. The molecule has 2 aromatic carbocycles. The Morgan fingerprint density at radius 2 is 2.16 bits per heavy atom. The molecule has 1 N–H and O–H groups in total. The van der Waals surface area contributed by atoms with Gasteiger partial charge in [0.25, 0.3) is 0 Å². The van der Waals surface area contributed by atoms with Gasteiger partial charge in [0.15, 0.2) is 0 Å². The van der Waals surface area contributed by atoms with Gasteiger partial charge in [-0.05, 0) is 47.7 Å². The summed E-state index contributed by atoms with van der Waals surface area (Å²) in [6.45, 7) is 0. The van der Waals surface area contributed by atoms with Crippen LogP contribution in [0.1, 0.15) is 39.9 Å². The second-order valence-corrected chi connectivity index (χ2v) is 7.73. The Kier molecular flexibility index (Phi) is 4.34. The van der Waals surface area contributed by atoms with Gasteiger partial charge in [0.1, 0.15) is 0 Å². The second-order valence-electron chi connectivity index (χ2n) is 6.41. The summed E-state index contributed by atoms with van der Waals surface area (Å²) in [6.07, 6.45) is 5.35. The molecule has 4 rings (SSSR count). The topological polar surface area (TPSA) is 38.3 Å². The van der Waals surface area contributed by atoms with Crippen LogP contribution in [0.4, 0.5) is 5.69 Å². The monoisotopic (exact) mass is 417 g/mol. The molecule has 1 aliphatic carbocycles. The molecule has 1 heterocycles. The van der Waals surface area contributed by atoms with Crippen LogP contribution in [0.15, 0.2) is 53.0 Å². The Morgan fingerprint density at radius 3 is 2.92 bits per heavy atom. The lowest BCUT2D eigenvalue weighted by molar-refractivity contribution is 0.0598. The maximum Gasteiger partial charge on any atom is 0.338 e. The van der Waals surface area contributed by atoms with E-state index >= 15 is 0 Å². The summed E-state index contributed by atoms with van der Waals surface area (Å²) in [6, 6.07) is 12.0. The number of nitrogens with one attached hydrogen (secondary N) is 1. The van der Waals surface area contributed by atoms with E-state index in [0.29, 0.717) is 16.5 Å². The Balaban J connectivity index is 1.87. The maximum absolute atomic E-state index is 12.3. The number of allylic oxidation sites excluding steroid dienone is 2. The van der Waals surface area contributed by atoms with Crippen LogP contribution in [0.25, 0.3) is 0 Å². The molecule has 0 saturated heterocycles. The van der Waals surface area contributed by atoms with Crippen LogP contribution in [0.2, 0.25) is 5.02 Å². The van der Waals surface area contributed by atoms with Crippen molar-refractivity contribution in [3.05, 3.63) is 74.7 Å². The number of fused-ring (bicyclic) bond motifs is 3. The molecule has 0 amide bonds. The van der Waals surface area contributed by atoms with Crippen molar-refractivity contribution in [3.8, 4) is 0 Å². The number of carbonyl (C=O) groups is 1. The van der Waals surface area contributed by atoms with Crippen molar-refractivity contribution in [2.45, 2.75) is 18.4 Å². The second kappa shape index (κ2) is 6.50. The Bertz CT molecular complexity index is 880. The highest BCUT2D eigenvalue weighted by Gasteiger charge is 2.41. The molecule has 0 radical (unpaired) electrons. The molecule has 3 atom stereocenters. The average molecular weight is 419 g/mol. The van der Waals surface area contributed by atoms with Gasteiger partial charge >= 0.3 is 5.97 Å². The van der Waals surface area contributed by atoms with Crippen molar-refractivity contribution in [1.82, 2.24) is 0 Å². The molecule has 5 heteroatoms. The first kappa shape index (κ1) is 16.7. The Morgan fingerprint density at radius 1 is 1.32 bits per heavy atom. The van der Waals surface area contributed by atoms with E-state index in [1.165, 1.54) is 12.7 Å². The number of esters is 1. The van der Waals surface area contributed by atoms with Crippen molar-refractivity contribution in [1.29, 1.82) is 0 Å². The van der Waals surface area contributed by atoms with Gasteiger partial charge in [-0.25, -0.2) is 4.79 Å². The molecule has 3 unspecified atom stereocenters. The number of hydrogen-bond donors (Lipinski definition) is 1. The van der Waals surface area contributed by atoms with Crippen LogP contribution in [-0.4, -0.2) is 13.1 Å². The van der Waals surface area contributed by atoms with Crippen LogP contribution in [0.3, 0.4) is 0 Å². The molecule has 0 aromatic heterocycles. The minimum atomic E-state index is -0.324. The van der Waals surface area contributed by atoms with Gasteiger partial charge < -0.3 is 10.1 Å². The average Bonchev–Trinajstić information content (AvgIpc) is 3.10. The fourth-order valence-corrected chi connectivity index (χ4v) is 4.63. The third-order valence-corrected chi connectivity index (χ3v) is 5.89. The first-order valence-electron chi connectivity index (χ1n) is 8.19. The van der Waals surface area contributed by atoms with E-state index in [-0.39, 0.29) is 17.9 Å². The highest BCUT2D eigenvalue weighted by atomic mass is 79.9. The van der Waals surface area contributed by atoms with E-state index in [0.717, 1.165) is 22.1 Å². The predicted octanol–water partition coefficient (Wildman–Crippen LogP) is 5.72. The molecule has 0 saturated carbocycles. The van der Waals surface area contributed by atoms with Gasteiger partial charge in [-0.15, -0.1) is 0 Å². The normalized spacial score (nSPS) is 23.6. The number of halogens is 2. The van der Waals surface area contributed by atoms with E-state index in [9.17, 15) is 4.79 Å². The van der Waals surface area contributed by atoms with Gasteiger partial charge in [-0.3, -0.25) is 0 Å². The first-order chi connectivity index (χ1) is 12.1. The van der Waals surface area contributed by atoms with E-state index in [1.807, 2.05) is 12.1 Å². The zero-order valence-corrected chi connectivity index (χ0v) is 16.0. The van der Waals surface area contributed by atoms with Gasteiger partial charge in [-0.1, -0.05) is 51.8 Å². The third-order valence-electron chi connectivity index (χ3n) is 5.08. The van der Waals surface area contributed by atoms with E-state index < -0.39 is 0 Å². The number of rotatable bonds is 2. The van der Waals surface area contributed by atoms with Crippen molar-refractivity contribution in [2.24, 2.45) is 5.92 Å². The van der Waals surface area contributed by atoms with Gasteiger partial charge in [0.05, 0.1) is 29.4 Å². The minimum absolute atomic E-state index is 0.135. The van der Waals surface area contributed by atoms with Gasteiger partial charge in [-0.2, -0.15) is 0 Å². The summed E-state index contributed by atoms with van der Waals surface area (Å²) < 4.78 is 6.03. The van der Waals surface area contributed by atoms with Gasteiger partial charge in [0, 0.05) is 10.4 Å². The zero-order chi connectivity index (χ0) is 17.6. The summed E-state index contributed by atoms with van der Waals surface area (Å²) in [5.74, 6) is 0.159. The molecule has 128 valence electrons. The smallest absolute Gasteiger partial charge is 0.338 e. The van der Waals surface area contributed by atoms with Crippen molar-refractivity contribution in [3.63, 3.8) is 0 Å². The third kappa shape index (κ3) is 2.77. The highest BCUT2D eigenvalue weighted by Crippen LogP contribution is 2.52. The van der Waals surface area contributed by atoms with Crippen LogP contribution >= 0.6 is 27.5 Å². The fraction of sp³-hybridized carbons (Fsp3) is 0.250. The van der Waals surface area contributed by atoms with Crippen molar-refractivity contribution >= 4 is 39.2 Å². The van der Waals surface area contributed by atoms with E-state index in [1.54, 1.807) is 12.1 Å². The Labute approximate surface area is 160 Å². The molecule has 2 aromatic rings. The summed E-state index contributed by atoms with van der Waals surface area (Å²) in [5, 5.41) is 4.23. The highest BCUT2D eigenvalue weighted by molar-refractivity contribution is 9.10. The number of hydrogen-bond acceptors (Lipinski definition) is 3. The molecule has 1 aliphatic heterocycles. The molecule has 0 bridgehead atoms. The molecular weight excluding hydrogens is 402 g/mol. The molecule has 25 heavy (non-hydrogen) atoms. The Hall–Kier alpha value is -1.78. The van der Waals surface area contributed by atoms with Crippen LogP contribution < -0.4 is 5.32 Å². The molecular formula is C20H17BrClNO2. The van der Waals surface area contributed by atoms with E-state index in [2.05, 4.69) is 45.5 Å². The lowest BCUT2D eigenvalue weighted by atomic mass is 9.75. The quantitative estimate of drug-likeness (QED) is 0.501. The zero-order valence-electron chi connectivity index (χ0n) is 13.6. The van der Waals surface area contributed by atoms with Crippen LogP contribution in [-0.2, 0) is 4.74 Å². The first-order valence-corrected chi connectivity index (χ1v) is 9.36. The van der Waals surface area contributed by atoms with Gasteiger partial charge in [0.2, 0.25) is 0 Å². The van der Waals surface area contributed by atoms with Crippen molar-refractivity contribution in [2.75, 3.05) is 12.4 Å². The SMILES string of the molecule is COC(=O)c1ccc(Cl)c2c1C1C=CCC1C(c1cccc(Br)c1)N2. The summed E-state index contributed by atoms with van der Waals surface area (Å²) in [4.78, 5) is 12.3. The number of carbonyl (C=O) groups excluding carboxylic acids is 1. The lowest BCUT2D eigenvalue weighted by Crippen LogP contribution is -2.30. The number of benzene rings is 2. The summed E-state index contributed by atoms with van der Waals surface area (Å²) >= 11 is 10.0.